The molecule has 0 aliphatic carbocycles. The second-order valence-corrected chi connectivity index (χ2v) is 8.78. The summed E-state index contributed by atoms with van der Waals surface area (Å²) >= 11 is 11.8. The number of quaternary nitrogens is 1. The summed E-state index contributed by atoms with van der Waals surface area (Å²) in [7, 11) is 1.28. The summed E-state index contributed by atoms with van der Waals surface area (Å²) in [5.74, 6) is 0.223. The Labute approximate surface area is 184 Å². The number of esters is 1. The molecular weight excluding hydrogens is 414 g/mol. The van der Waals surface area contributed by atoms with Gasteiger partial charge in [0.15, 0.2) is 5.69 Å². The van der Waals surface area contributed by atoms with Gasteiger partial charge in [0.25, 0.3) is 7.41 Å². The zero-order valence-corrected chi connectivity index (χ0v) is 19.1. The molecule has 0 aliphatic rings. The van der Waals surface area contributed by atoms with E-state index in [1.54, 1.807) is 0 Å². The van der Waals surface area contributed by atoms with Crippen LogP contribution in [0.3, 0.4) is 0 Å². The van der Waals surface area contributed by atoms with Crippen molar-refractivity contribution in [3.63, 3.8) is 0 Å². The first kappa shape index (κ1) is 25.9. The van der Waals surface area contributed by atoms with Gasteiger partial charge in [0, 0.05) is 18.2 Å². The number of alkyl halides is 2. The predicted octanol–water partition coefficient (Wildman–Crippen LogP) is 3.21. The summed E-state index contributed by atoms with van der Waals surface area (Å²) in [5.41, 5.74) is 2.06. The molecule has 29 heavy (non-hydrogen) atoms. The number of ether oxygens (including phenoxy) is 1. The van der Waals surface area contributed by atoms with Gasteiger partial charge in [-0.25, -0.2) is 5.21 Å². The third kappa shape index (κ3) is 9.05. The van der Waals surface area contributed by atoms with Gasteiger partial charge in [-0.1, -0.05) is 6.07 Å². The minimum Gasteiger partial charge on any atom is -0.460 e. The number of halogens is 2. The van der Waals surface area contributed by atoms with Crippen LogP contribution in [-0.2, 0) is 20.7 Å². The van der Waals surface area contributed by atoms with Gasteiger partial charge in [0.2, 0.25) is 0 Å². The number of rotatable bonds is 12. The average Bonchev–Trinajstić information content (AvgIpc) is 2.60. The zero-order chi connectivity index (χ0) is 22.1. The van der Waals surface area contributed by atoms with Crippen molar-refractivity contribution in [2.45, 2.75) is 52.2 Å². The summed E-state index contributed by atoms with van der Waals surface area (Å²) in [4.78, 5) is 23.0. The molecule has 0 spiro atoms. The maximum atomic E-state index is 12.3. The number of hydrogen-bond acceptors (Lipinski definition) is 5. The molecule has 0 saturated heterocycles. The van der Waals surface area contributed by atoms with E-state index in [0.717, 1.165) is 11.1 Å². The standard InChI is InChI=1S/C20H31BCl2N2O4/c1-15-5-6-18(25(28,9-7-22)10-8-23)12-16(15)11-17(24-21-14-26)13-19(27)29-20(2,3)4/h5-6,12,14,17,24,28H,7-11,13H2,1-4H3/q+1/t17-/m1/s1. The number of carbonyl (C=O) groups is 2. The lowest BCUT2D eigenvalue weighted by atomic mass is 9.91. The second kappa shape index (κ2) is 11.9. The van der Waals surface area contributed by atoms with Gasteiger partial charge in [0.05, 0.1) is 24.4 Å². The fourth-order valence-corrected chi connectivity index (χ4v) is 3.56. The van der Waals surface area contributed by atoms with E-state index < -0.39 is 5.60 Å². The van der Waals surface area contributed by atoms with Crippen LogP contribution in [0, 0.1) is 6.92 Å². The van der Waals surface area contributed by atoms with E-state index in [0.29, 0.717) is 31.4 Å². The van der Waals surface area contributed by atoms with Gasteiger partial charge in [-0.05, 0) is 45.2 Å². The predicted molar refractivity (Wildman–Crippen MR) is 120 cm³/mol. The topological polar surface area (TPSA) is 75.6 Å². The number of aryl methyl sites for hydroxylation is 1. The molecule has 0 heterocycles. The van der Waals surface area contributed by atoms with E-state index in [2.05, 4.69) is 5.23 Å². The first-order valence-electron chi connectivity index (χ1n) is 9.61. The van der Waals surface area contributed by atoms with Crippen LogP contribution in [0.15, 0.2) is 18.2 Å². The van der Waals surface area contributed by atoms with Crippen LogP contribution in [-0.4, -0.2) is 61.3 Å². The molecule has 6 nitrogen and oxygen atoms in total. The number of hydroxylamine groups is 2. The smallest absolute Gasteiger partial charge is 0.307 e. The first-order chi connectivity index (χ1) is 13.5. The van der Waals surface area contributed by atoms with Crippen LogP contribution in [0.5, 0.6) is 0 Å². The maximum Gasteiger partial charge on any atom is 0.307 e. The summed E-state index contributed by atoms with van der Waals surface area (Å²) in [6.07, 6.45) is 1.22. The number of hydrogen-bond donors (Lipinski definition) is 2. The SMILES string of the molecule is Cc1ccc([N+](O)(CCCl)CCCl)cc1C[C@H](CC(=O)OC(C)(C)C)N[B]C=O. The van der Waals surface area contributed by atoms with Crippen molar-refractivity contribution in [2.75, 3.05) is 24.8 Å². The second-order valence-electron chi connectivity index (χ2n) is 8.02. The highest BCUT2D eigenvalue weighted by Gasteiger charge is 2.29. The summed E-state index contributed by atoms with van der Waals surface area (Å²) < 4.78 is 5.05. The third-order valence-electron chi connectivity index (χ3n) is 4.42. The Bertz CT molecular complexity index is 677. The molecular formula is C20H31BCl2N2O4+. The van der Waals surface area contributed by atoms with Crippen LogP contribution < -0.4 is 9.87 Å². The molecule has 0 fully saturated rings. The number of carbonyl (C=O) groups excluding carboxylic acids is 2. The third-order valence-corrected chi connectivity index (χ3v) is 4.76. The van der Waals surface area contributed by atoms with Crippen LogP contribution in [0.4, 0.5) is 5.69 Å². The molecule has 1 radical (unpaired) electrons. The lowest BCUT2D eigenvalue weighted by Gasteiger charge is -2.29. The van der Waals surface area contributed by atoms with E-state index in [1.807, 2.05) is 45.9 Å². The Hall–Kier alpha value is -1.12. The van der Waals surface area contributed by atoms with Crippen molar-refractivity contribution in [2.24, 2.45) is 0 Å². The van der Waals surface area contributed by atoms with Crippen LogP contribution in [0.1, 0.15) is 38.3 Å². The van der Waals surface area contributed by atoms with Crippen molar-refractivity contribution in [3.8, 4) is 0 Å². The molecule has 0 saturated carbocycles. The Morgan fingerprint density at radius 1 is 1.31 bits per heavy atom. The van der Waals surface area contributed by atoms with E-state index in [4.69, 9.17) is 27.9 Å². The van der Waals surface area contributed by atoms with Gasteiger partial charge < -0.3 is 14.8 Å². The van der Waals surface area contributed by atoms with E-state index in [1.165, 1.54) is 7.41 Å². The quantitative estimate of drug-likeness (QED) is 0.129. The van der Waals surface area contributed by atoms with E-state index in [-0.39, 0.29) is 34.8 Å². The number of nitrogens with zero attached hydrogens (tertiary/aromatic N) is 1. The lowest BCUT2D eigenvalue weighted by molar-refractivity contribution is -0.155. The Morgan fingerprint density at radius 2 is 1.93 bits per heavy atom. The highest BCUT2D eigenvalue weighted by atomic mass is 35.5. The van der Waals surface area contributed by atoms with Crippen LogP contribution in [0.25, 0.3) is 0 Å². The molecule has 0 aliphatic heterocycles. The molecule has 1 atom stereocenters. The minimum absolute atomic E-state index is 0.105. The summed E-state index contributed by atoms with van der Waals surface area (Å²) in [5, 5.41) is 13.9. The summed E-state index contributed by atoms with van der Waals surface area (Å²) in [6.45, 7) is 8.05. The molecule has 0 amide bonds. The fourth-order valence-electron chi connectivity index (χ4n) is 3.00. The molecule has 0 bridgehead atoms. The number of benzene rings is 1. The minimum atomic E-state index is -0.580. The van der Waals surface area contributed by atoms with Crippen molar-refractivity contribution in [1.82, 2.24) is 9.87 Å². The van der Waals surface area contributed by atoms with Gasteiger partial charge in [-0.15, -0.1) is 27.8 Å². The van der Waals surface area contributed by atoms with E-state index >= 15 is 0 Å². The molecule has 9 heteroatoms. The lowest BCUT2D eigenvalue weighted by Crippen LogP contribution is -2.49. The highest BCUT2D eigenvalue weighted by Crippen LogP contribution is 2.26. The molecule has 161 valence electrons. The average molecular weight is 445 g/mol. The van der Waals surface area contributed by atoms with Crippen LogP contribution in [0.2, 0.25) is 0 Å². The summed E-state index contributed by atoms with van der Waals surface area (Å²) in [6, 6.07) is 5.35. The van der Waals surface area contributed by atoms with Crippen molar-refractivity contribution < 1.29 is 19.5 Å². The Morgan fingerprint density at radius 3 is 2.45 bits per heavy atom. The molecule has 0 aromatic heterocycles. The normalized spacial score (nSPS) is 13.1. The Kier molecular flexibility index (Phi) is 10.6. The molecule has 2 N–H and O–H groups in total. The van der Waals surface area contributed by atoms with Crippen molar-refractivity contribution in [3.05, 3.63) is 29.3 Å². The maximum absolute atomic E-state index is 12.3. The van der Waals surface area contributed by atoms with Gasteiger partial charge in [-0.2, -0.15) is 0 Å². The van der Waals surface area contributed by atoms with Crippen molar-refractivity contribution in [1.29, 1.82) is 0 Å². The van der Waals surface area contributed by atoms with E-state index in [9.17, 15) is 14.8 Å². The molecule has 1 aromatic rings. The zero-order valence-electron chi connectivity index (χ0n) is 17.6. The monoisotopic (exact) mass is 444 g/mol. The highest BCUT2D eigenvalue weighted by molar-refractivity contribution is 6.64. The van der Waals surface area contributed by atoms with Gasteiger partial charge in [-0.3, -0.25) is 4.79 Å². The fraction of sp³-hybridized carbons (Fsp3) is 0.600. The molecule has 1 rings (SSSR count). The van der Waals surface area contributed by atoms with Crippen molar-refractivity contribution >= 4 is 48.5 Å². The largest absolute Gasteiger partial charge is 0.460 e. The Balaban J connectivity index is 3.08. The molecule has 1 aromatic carbocycles. The number of nitrogens with one attached hydrogen (secondary N) is 1. The van der Waals surface area contributed by atoms with Crippen LogP contribution >= 0.6 is 23.2 Å². The first-order valence-corrected chi connectivity index (χ1v) is 10.7. The molecule has 0 unspecified atom stereocenters. The van der Waals surface area contributed by atoms with Gasteiger partial charge >= 0.3 is 5.97 Å². The van der Waals surface area contributed by atoms with Gasteiger partial charge in [0.1, 0.15) is 18.7 Å².